The van der Waals surface area contributed by atoms with Crippen LogP contribution in [0.25, 0.3) is 0 Å². The highest BCUT2D eigenvalue weighted by molar-refractivity contribution is 5.97. The fourth-order valence-corrected chi connectivity index (χ4v) is 1.51. The predicted octanol–water partition coefficient (Wildman–Crippen LogP) is 0.274. The Morgan fingerprint density at radius 1 is 1.56 bits per heavy atom. The summed E-state index contributed by atoms with van der Waals surface area (Å²) in [5.74, 6) is -0.318. The van der Waals surface area contributed by atoms with E-state index < -0.39 is 0 Å². The molecule has 2 aromatic heterocycles. The van der Waals surface area contributed by atoms with Crippen molar-refractivity contribution in [3.8, 4) is 0 Å². The van der Waals surface area contributed by atoms with Crippen molar-refractivity contribution < 1.29 is 4.79 Å². The van der Waals surface area contributed by atoms with E-state index >= 15 is 0 Å². The highest BCUT2D eigenvalue weighted by atomic mass is 16.1. The third-order valence-electron chi connectivity index (χ3n) is 2.52. The number of carbonyl (C=O) groups excluding carboxylic acids is 1. The molecule has 2 aromatic rings. The summed E-state index contributed by atoms with van der Waals surface area (Å²) in [7, 11) is 0. The Kier molecular flexibility index (Phi) is 3.52. The Bertz CT molecular complexity index is 536. The summed E-state index contributed by atoms with van der Waals surface area (Å²) < 4.78 is 0. The zero-order valence-corrected chi connectivity index (χ0v) is 9.97. The van der Waals surface area contributed by atoms with Crippen LogP contribution in [0.4, 0.5) is 5.69 Å². The number of hydrogen-bond donors (Lipinski definition) is 3. The molecule has 0 aromatic carbocycles. The van der Waals surface area contributed by atoms with Gasteiger partial charge in [0.1, 0.15) is 6.33 Å². The summed E-state index contributed by atoms with van der Waals surface area (Å²) in [6.45, 7) is 2.25. The second-order valence-corrected chi connectivity index (χ2v) is 3.70. The lowest BCUT2D eigenvalue weighted by molar-refractivity contribution is 0.0946. The molecule has 1 amide bonds. The van der Waals surface area contributed by atoms with Crippen molar-refractivity contribution in [1.82, 2.24) is 25.5 Å². The van der Waals surface area contributed by atoms with Gasteiger partial charge in [-0.3, -0.25) is 9.89 Å². The summed E-state index contributed by atoms with van der Waals surface area (Å²) in [4.78, 5) is 19.7. The van der Waals surface area contributed by atoms with E-state index in [0.29, 0.717) is 18.7 Å². The fourth-order valence-electron chi connectivity index (χ4n) is 1.51. The maximum Gasteiger partial charge on any atom is 0.274 e. The van der Waals surface area contributed by atoms with Gasteiger partial charge in [0.15, 0.2) is 5.69 Å². The first-order valence-electron chi connectivity index (χ1n) is 5.58. The standard InChI is InChI=1S/C11H14N6O/c1-2-8-9(12)10(17-16-8)11(18)14-5-7-3-4-13-6-15-7/h3-4,6H,2,5,12H2,1H3,(H,14,18)(H,16,17). The summed E-state index contributed by atoms with van der Waals surface area (Å²) in [6.07, 6.45) is 3.75. The molecule has 0 saturated heterocycles. The van der Waals surface area contributed by atoms with E-state index in [-0.39, 0.29) is 11.6 Å². The average molecular weight is 246 g/mol. The third-order valence-corrected chi connectivity index (χ3v) is 2.52. The number of aromatic nitrogens is 4. The van der Waals surface area contributed by atoms with Gasteiger partial charge in [-0.1, -0.05) is 6.92 Å². The molecule has 0 aliphatic rings. The lowest BCUT2D eigenvalue weighted by Crippen LogP contribution is -2.24. The Labute approximate surface area is 104 Å². The number of hydrogen-bond acceptors (Lipinski definition) is 5. The molecule has 0 radical (unpaired) electrons. The zero-order chi connectivity index (χ0) is 13.0. The van der Waals surface area contributed by atoms with Crippen LogP contribution < -0.4 is 11.1 Å². The first kappa shape index (κ1) is 12.0. The number of aromatic amines is 1. The number of nitrogens with zero attached hydrogens (tertiary/aromatic N) is 3. The normalized spacial score (nSPS) is 10.3. The Morgan fingerprint density at radius 2 is 2.39 bits per heavy atom. The van der Waals surface area contributed by atoms with Gasteiger partial charge in [0.2, 0.25) is 0 Å². The van der Waals surface area contributed by atoms with Gasteiger partial charge in [-0.05, 0) is 12.5 Å². The van der Waals surface area contributed by atoms with Gasteiger partial charge >= 0.3 is 0 Å². The lowest BCUT2D eigenvalue weighted by atomic mass is 10.2. The van der Waals surface area contributed by atoms with Gasteiger partial charge < -0.3 is 11.1 Å². The van der Waals surface area contributed by atoms with Gasteiger partial charge in [0, 0.05) is 6.20 Å². The molecule has 0 spiro atoms. The highest BCUT2D eigenvalue weighted by Crippen LogP contribution is 2.13. The molecule has 0 fully saturated rings. The van der Waals surface area contributed by atoms with Crippen LogP contribution in [-0.2, 0) is 13.0 Å². The predicted molar refractivity (Wildman–Crippen MR) is 65.6 cm³/mol. The molecule has 18 heavy (non-hydrogen) atoms. The van der Waals surface area contributed by atoms with Gasteiger partial charge in [0.05, 0.1) is 23.6 Å². The van der Waals surface area contributed by atoms with Gasteiger partial charge in [0.25, 0.3) is 5.91 Å². The van der Waals surface area contributed by atoms with E-state index in [2.05, 4.69) is 25.5 Å². The largest absolute Gasteiger partial charge is 0.395 e. The van der Waals surface area contributed by atoms with E-state index in [1.165, 1.54) is 6.33 Å². The van der Waals surface area contributed by atoms with E-state index in [9.17, 15) is 4.79 Å². The summed E-state index contributed by atoms with van der Waals surface area (Å²) in [5.41, 5.74) is 7.92. The van der Waals surface area contributed by atoms with Gasteiger partial charge in [-0.2, -0.15) is 5.10 Å². The number of nitrogens with one attached hydrogen (secondary N) is 2. The molecule has 94 valence electrons. The van der Waals surface area contributed by atoms with Crippen LogP contribution in [0, 0.1) is 0 Å². The highest BCUT2D eigenvalue weighted by Gasteiger charge is 2.15. The molecular weight excluding hydrogens is 232 g/mol. The minimum absolute atomic E-state index is 0.223. The Morgan fingerprint density at radius 3 is 3.00 bits per heavy atom. The first-order chi connectivity index (χ1) is 8.72. The smallest absolute Gasteiger partial charge is 0.274 e. The second-order valence-electron chi connectivity index (χ2n) is 3.70. The molecule has 0 unspecified atom stereocenters. The third kappa shape index (κ3) is 2.45. The van der Waals surface area contributed by atoms with Gasteiger partial charge in [-0.15, -0.1) is 0 Å². The molecule has 0 bridgehead atoms. The summed E-state index contributed by atoms with van der Waals surface area (Å²) in [5, 5.41) is 9.35. The lowest BCUT2D eigenvalue weighted by Gasteiger charge is -2.02. The summed E-state index contributed by atoms with van der Waals surface area (Å²) in [6, 6.07) is 1.73. The number of anilines is 1. The van der Waals surface area contributed by atoms with E-state index in [0.717, 1.165) is 11.4 Å². The van der Waals surface area contributed by atoms with Crippen molar-refractivity contribution in [3.05, 3.63) is 35.7 Å². The number of nitrogens with two attached hydrogens (primary N) is 1. The average Bonchev–Trinajstić information content (AvgIpc) is 2.78. The molecule has 7 heteroatoms. The molecule has 2 heterocycles. The van der Waals surface area contributed by atoms with Crippen molar-refractivity contribution in [2.24, 2.45) is 0 Å². The molecule has 0 saturated carbocycles. The van der Waals surface area contributed by atoms with E-state index in [4.69, 9.17) is 5.73 Å². The number of aryl methyl sites for hydroxylation is 1. The van der Waals surface area contributed by atoms with Crippen molar-refractivity contribution >= 4 is 11.6 Å². The van der Waals surface area contributed by atoms with Crippen molar-refractivity contribution in [2.45, 2.75) is 19.9 Å². The topological polar surface area (TPSA) is 110 Å². The van der Waals surface area contributed by atoms with Crippen molar-refractivity contribution in [2.75, 3.05) is 5.73 Å². The first-order valence-corrected chi connectivity index (χ1v) is 5.58. The van der Waals surface area contributed by atoms with Crippen LogP contribution >= 0.6 is 0 Å². The SMILES string of the molecule is CCc1[nH]nc(C(=O)NCc2ccncn2)c1N. The minimum atomic E-state index is -0.318. The molecule has 0 aliphatic heterocycles. The Balaban J connectivity index is 2.02. The number of rotatable bonds is 4. The molecule has 7 nitrogen and oxygen atoms in total. The quantitative estimate of drug-likeness (QED) is 0.717. The maximum absolute atomic E-state index is 11.9. The maximum atomic E-state index is 11.9. The van der Waals surface area contributed by atoms with Crippen LogP contribution in [-0.4, -0.2) is 26.1 Å². The zero-order valence-electron chi connectivity index (χ0n) is 9.97. The van der Waals surface area contributed by atoms with Crippen LogP contribution in [0.3, 0.4) is 0 Å². The second kappa shape index (κ2) is 5.26. The van der Waals surface area contributed by atoms with Crippen molar-refractivity contribution in [1.29, 1.82) is 0 Å². The molecule has 0 aliphatic carbocycles. The van der Waals surface area contributed by atoms with E-state index in [1.807, 2.05) is 6.92 Å². The molecule has 2 rings (SSSR count). The van der Waals surface area contributed by atoms with Crippen LogP contribution in [0.2, 0.25) is 0 Å². The van der Waals surface area contributed by atoms with Gasteiger partial charge in [-0.25, -0.2) is 9.97 Å². The van der Waals surface area contributed by atoms with Crippen molar-refractivity contribution in [3.63, 3.8) is 0 Å². The fraction of sp³-hybridized carbons (Fsp3) is 0.273. The van der Waals surface area contributed by atoms with Crippen LogP contribution in [0.1, 0.15) is 28.8 Å². The van der Waals surface area contributed by atoms with Crippen LogP contribution in [0.5, 0.6) is 0 Å². The van der Waals surface area contributed by atoms with Crippen LogP contribution in [0.15, 0.2) is 18.6 Å². The minimum Gasteiger partial charge on any atom is -0.395 e. The number of nitrogen functional groups attached to an aromatic ring is 1. The monoisotopic (exact) mass is 246 g/mol. The number of H-pyrrole nitrogens is 1. The molecular formula is C11H14N6O. The summed E-state index contributed by atoms with van der Waals surface area (Å²) >= 11 is 0. The number of carbonyl (C=O) groups is 1. The molecule has 4 N–H and O–H groups in total. The van der Waals surface area contributed by atoms with E-state index in [1.54, 1.807) is 12.3 Å². The Hall–Kier alpha value is -2.44. The number of amides is 1. The molecule has 0 atom stereocenters.